The molecule has 0 saturated carbocycles. The van der Waals surface area contributed by atoms with Crippen LogP contribution in [0, 0.1) is 0 Å². The number of nitrogens with two attached hydrogens (primary N) is 1. The van der Waals surface area contributed by atoms with Crippen LogP contribution in [0.1, 0.15) is 12.5 Å². The first-order valence-corrected chi connectivity index (χ1v) is 3.98. The number of nitrogens with one attached hydrogen (secondary N) is 1. The summed E-state index contributed by atoms with van der Waals surface area (Å²) in [4.78, 5) is 0. The minimum absolute atomic E-state index is 0.804. The molecule has 0 amide bonds. The van der Waals surface area contributed by atoms with Crippen molar-refractivity contribution in [2.45, 2.75) is 6.92 Å². The number of anilines is 2. The molecule has 0 aromatic heterocycles. The van der Waals surface area contributed by atoms with Crippen LogP contribution in [-0.4, -0.2) is 7.05 Å². The Morgan fingerprint density at radius 2 is 2.17 bits per heavy atom. The Morgan fingerprint density at radius 1 is 1.42 bits per heavy atom. The lowest BCUT2D eigenvalue weighted by Crippen LogP contribution is -1.97. The van der Waals surface area contributed by atoms with Gasteiger partial charge < -0.3 is 11.1 Å². The molecule has 1 aromatic carbocycles. The zero-order valence-electron chi connectivity index (χ0n) is 7.46. The highest BCUT2D eigenvalue weighted by atomic mass is 14.8. The van der Waals surface area contributed by atoms with E-state index in [1.807, 2.05) is 44.3 Å². The van der Waals surface area contributed by atoms with Crippen LogP contribution in [-0.2, 0) is 0 Å². The van der Waals surface area contributed by atoms with Crippen LogP contribution in [0.4, 0.5) is 11.4 Å². The van der Waals surface area contributed by atoms with E-state index in [-0.39, 0.29) is 0 Å². The number of benzene rings is 1. The molecule has 0 spiro atoms. The summed E-state index contributed by atoms with van der Waals surface area (Å²) in [5.74, 6) is 0. The number of nitrogen functional groups attached to an aromatic ring is 1. The van der Waals surface area contributed by atoms with Gasteiger partial charge in [-0.3, -0.25) is 0 Å². The van der Waals surface area contributed by atoms with Gasteiger partial charge in [-0.25, -0.2) is 0 Å². The zero-order chi connectivity index (χ0) is 8.97. The maximum Gasteiger partial charge on any atom is 0.0623 e. The normalized spacial score (nSPS) is 10.5. The molecule has 0 atom stereocenters. The molecule has 0 aliphatic heterocycles. The molecule has 0 heterocycles. The van der Waals surface area contributed by atoms with Gasteiger partial charge in [0.15, 0.2) is 0 Å². The quantitative estimate of drug-likeness (QED) is 0.655. The molecule has 64 valence electrons. The summed E-state index contributed by atoms with van der Waals surface area (Å²) in [5.41, 5.74) is 8.71. The largest absolute Gasteiger partial charge is 0.397 e. The Labute approximate surface area is 73.1 Å². The molecule has 1 rings (SSSR count). The molecular weight excluding hydrogens is 148 g/mol. The van der Waals surface area contributed by atoms with Crippen molar-refractivity contribution in [1.82, 2.24) is 0 Å². The van der Waals surface area contributed by atoms with Gasteiger partial charge in [0, 0.05) is 7.05 Å². The van der Waals surface area contributed by atoms with Crippen molar-refractivity contribution in [2.24, 2.45) is 0 Å². The van der Waals surface area contributed by atoms with E-state index in [1.165, 1.54) is 0 Å². The Morgan fingerprint density at radius 3 is 2.75 bits per heavy atom. The van der Waals surface area contributed by atoms with E-state index < -0.39 is 0 Å². The molecule has 2 heteroatoms. The van der Waals surface area contributed by atoms with Crippen molar-refractivity contribution in [3.63, 3.8) is 0 Å². The standard InChI is InChI=1S/C10H14N2/c1-3-5-8-6-4-7-9(12-2)10(8)11/h3-7,12H,11H2,1-2H3/b5-3+. The summed E-state index contributed by atoms with van der Waals surface area (Å²) >= 11 is 0. The lowest BCUT2D eigenvalue weighted by molar-refractivity contribution is 1.50. The third kappa shape index (κ3) is 1.59. The summed E-state index contributed by atoms with van der Waals surface area (Å²) < 4.78 is 0. The predicted octanol–water partition coefficient (Wildman–Crippen LogP) is 2.34. The molecular formula is C10H14N2. The van der Waals surface area contributed by atoms with Crippen molar-refractivity contribution >= 4 is 17.5 Å². The number of rotatable bonds is 2. The molecule has 0 fully saturated rings. The van der Waals surface area contributed by atoms with Crippen LogP contribution < -0.4 is 11.1 Å². The first-order valence-electron chi connectivity index (χ1n) is 3.98. The molecule has 3 N–H and O–H groups in total. The van der Waals surface area contributed by atoms with Crippen molar-refractivity contribution in [3.05, 3.63) is 29.8 Å². The number of allylic oxidation sites excluding steroid dienone is 1. The van der Waals surface area contributed by atoms with Crippen LogP contribution in [0.25, 0.3) is 6.08 Å². The second kappa shape index (κ2) is 3.81. The Balaban J connectivity index is 3.13. The van der Waals surface area contributed by atoms with Gasteiger partial charge in [0.2, 0.25) is 0 Å². The first kappa shape index (κ1) is 8.65. The second-order valence-corrected chi connectivity index (χ2v) is 2.56. The van der Waals surface area contributed by atoms with Crippen LogP contribution >= 0.6 is 0 Å². The average molecular weight is 162 g/mol. The van der Waals surface area contributed by atoms with Gasteiger partial charge in [-0.1, -0.05) is 24.3 Å². The summed E-state index contributed by atoms with van der Waals surface area (Å²) in [6.45, 7) is 1.98. The van der Waals surface area contributed by atoms with E-state index >= 15 is 0 Å². The Hall–Kier alpha value is -1.44. The number of hydrogen-bond acceptors (Lipinski definition) is 2. The third-order valence-electron chi connectivity index (χ3n) is 1.76. The van der Waals surface area contributed by atoms with Crippen LogP contribution in [0.2, 0.25) is 0 Å². The van der Waals surface area contributed by atoms with Gasteiger partial charge in [0.1, 0.15) is 0 Å². The van der Waals surface area contributed by atoms with Crippen molar-refractivity contribution in [3.8, 4) is 0 Å². The highest BCUT2D eigenvalue weighted by Gasteiger charge is 1.98. The maximum atomic E-state index is 5.87. The van der Waals surface area contributed by atoms with Gasteiger partial charge in [-0.15, -0.1) is 0 Å². The summed E-state index contributed by atoms with van der Waals surface area (Å²) in [5, 5.41) is 3.04. The van der Waals surface area contributed by atoms with E-state index in [0.29, 0.717) is 0 Å². The highest BCUT2D eigenvalue weighted by Crippen LogP contribution is 2.22. The zero-order valence-corrected chi connectivity index (χ0v) is 7.46. The SMILES string of the molecule is C/C=C/c1cccc(NC)c1N. The summed E-state index contributed by atoms with van der Waals surface area (Å²) in [6, 6.07) is 5.94. The monoisotopic (exact) mass is 162 g/mol. The third-order valence-corrected chi connectivity index (χ3v) is 1.76. The van der Waals surface area contributed by atoms with Crippen molar-refractivity contribution in [2.75, 3.05) is 18.1 Å². The smallest absolute Gasteiger partial charge is 0.0623 e. The van der Waals surface area contributed by atoms with E-state index in [9.17, 15) is 0 Å². The minimum atomic E-state index is 0.804. The molecule has 0 aliphatic carbocycles. The minimum Gasteiger partial charge on any atom is -0.397 e. The Kier molecular flexibility index (Phi) is 2.75. The fourth-order valence-electron chi connectivity index (χ4n) is 1.13. The molecule has 0 radical (unpaired) electrons. The van der Waals surface area contributed by atoms with Gasteiger partial charge in [0.05, 0.1) is 11.4 Å². The van der Waals surface area contributed by atoms with Gasteiger partial charge >= 0.3 is 0 Å². The lowest BCUT2D eigenvalue weighted by atomic mass is 10.1. The number of hydrogen-bond donors (Lipinski definition) is 2. The molecule has 0 saturated heterocycles. The highest BCUT2D eigenvalue weighted by molar-refractivity contribution is 5.77. The molecule has 0 bridgehead atoms. The first-order chi connectivity index (χ1) is 5.79. The fourth-order valence-corrected chi connectivity index (χ4v) is 1.13. The second-order valence-electron chi connectivity index (χ2n) is 2.56. The van der Waals surface area contributed by atoms with Crippen molar-refractivity contribution in [1.29, 1.82) is 0 Å². The van der Waals surface area contributed by atoms with E-state index in [4.69, 9.17) is 5.73 Å². The van der Waals surface area contributed by atoms with Gasteiger partial charge in [-0.05, 0) is 18.6 Å². The Bertz CT molecular complexity index is 290. The molecule has 1 aromatic rings. The van der Waals surface area contributed by atoms with Crippen molar-refractivity contribution < 1.29 is 0 Å². The van der Waals surface area contributed by atoms with E-state index in [1.54, 1.807) is 0 Å². The van der Waals surface area contributed by atoms with Crippen LogP contribution in [0.5, 0.6) is 0 Å². The number of para-hydroxylation sites is 1. The average Bonchev–Trinajstić information content (AvgIpc) is 2.09. The maximum absolute atomic E-state index is 5.87. The predicted molar refractivity (Wildman–Crippen MR) is 55.1 cm³/mol. The van der Waals surface area contributed by atoms with E-state index in [0.717, 1.165) is 16.9 Å². The molecule has 0 aliphatic rings. The topological polar surface area (TPSA) is 38.0 Å². The molecule has 2 nitrogen and oxygen atoms in total. The van der Waals surface area contributed by atoms with Gasteiger partial charge in [0.25, 0.3) is 0 Å². The van der Waals surface area contributed by atoms with Crippen LogP contribution in [0.15, 0.2) is 24.3 Å². The lowest BCUT2D eigenvalue weighted by Gasteiger charge is -2.06. The van der Waals surface area contributed by atoms with E-state index in [2.05, 4.69) is 5.32 Å². The van der Waals surface area contributed by atoms with Crippen LogP contribution in [0.3, 0.4) is 0 Å². The molecule has 12 heavy (non-hydrogen) atoms. The summed E-state index contributed by atoms with van der Waals surface area (Å²) in [6.07, 6.45) is 3.97. The fraction of sp³-hybridized carbons (Fsp3) is 0.200. The molecule has 0 unspecified atom stereocenters. The summed E-state index contributed by atoms with van der Waals surface area (Å²) in [7, 11) is 1.87. The van der Waals surface area contributed by atoms with Gasteiger partial charge in [-0.2, -0.15) is 0 Å².